The Labute approximate surface area is 150 Å². The number of anilines is 4. The molecule has 0 aliphatic carbocycles. The molecule has 0 aliphatic rings. The summed E-state index contributed by atoms with van der Waals surface area (Å²) in [5.41, 5.74) is 2.88. The lowest BCUT2D eigenvalue weighted by molar-refractivity contribution is 0.415. The smallest absolute Gasteiger partial charge is 0.231 e. The summed E-state index contributed by atoms with van der Waals surface area (Å²) in [7, 11) is 1.63. The van der Waals surface area contributed by atoms with E-state index in [0.29, 0.717) is 22.9 Å². The van der Waals surface area contributed by atoms with Crippen molar-refractivity contribution < 1.29 is 4.74 Å². The van der Waals surface area contributed by atoms with Crippen LogP contribution < -0.4 is 15.4 Å². The zero-order chi connectivity index (χ0) is 17.8. The summed E-state index contributed by atoms with van der Waals surface area (Å²) in [6.07, 6.45) is 3.23. The second kappa shape index (κ2) is 7.02. The number of fused-ring (bicyclic) bond motifs is 1. The maximum Gasteiger partial charge on any atom is 0.231 e. The highest BCUT2D eigenvalue weighted by atomic mass is 16.5. The standard InChI is InChI=1S/C19H16N6O/c1-26-15-9-7-14(8-10-15)23-19-24-17-16(20-11-12-21-17)18(25-19)22-13-5-3-2-4-6-13/h2-12H,1H3,(H2,21,22,23,24,25). The van der Waals surface area contributed by atoms with Crippen molar-refractivity contribution in [3.63, 3.8) is 0 Å². The molecule has 2 heterocycles. The molecule has 0 fully saturated rings. The molecule has 0 radical (unpaired) electrons. The lowest BCUT2D eigenvalue weighted by atomic mass is 10.3. The number of para-hydroxylation sites is 1. The Balaban J connectivity index is 1.70. The first-order valence-electron chi connectivity index (χ1n) is 8.04. The Morgan fingerprint density at radius 2 is 1.50 bits per heavy atom. The molecule has 0 unspecified atom stereocenters. The van der Waals surface area contributed by atoms with E-state index in [0.717, 1.165) is 17.1 Å². The number of benzene rings is 2. The van der Waals surface area contributed by atoms with Gasteiger partial charge in [-0.05, 0) is 36.4 Å². The second-order valence-electron chi connectivity index (χ2n) is 5.47. The van der Waals surface area contributed by atoms with Crippen LogP contribution in [0.2, 0.25) is 0 Å². The summed E-state index contributed by atoms with van der Waals surface area (Å²) >= 11 is 0. The van der Waals surface area contributed by atoms with Gasteiger partial charge in [0.15, 0.2) is 17.0 Å². The van der Waals surface area contributed by atoms with Crippen molar-refractivity contribution >= 4 is 34.3 Å². The summed E-state index contributed by atoms with van der Waals surface area (Å²) in [4.78, 5) is 17.7. The van der Waals surface area contributed by atoms with Crippen molar-refractivity contribution in [2.75, 3.05) is 17.7 Å². The molecule has 7 heteroatoms. The first-order chi connectivity index (χ1) is 12.8. The van der Waals surface area contributed by atoms with E-state index < -0.39 is 0 Å². The predicted molar refractivity (Wildman–Crippen MR) is 101 cm³/mol. The van der Waals surface area contributed by atoms with Crippen molar-refractivity contribution in [2.45, 2.75) is 0 Å². The topological polar surface area (TPSA) is 84.9 Å². The van der Waals surface area contributed by atoms with Crippen LogP contribution in [-0.2, 0) is 0 Å². The van der Waals surface area contributed by atoms with Gasteiger partial charge in [0, 0.05) is 23.8 Å². The van der Waals surface area contributed by atoms with Crippen molar-refractivity contribution in [3.8, 4) is 5.75 Å². The third-order valence-corrected chi connectivity index (χ3v) is 3.72. The summed E-state index contributed by atoms with van der Waals surface area (Å²) in [5.74, 6) is 1.80. The first-order valence-corrected chi connectivity index (χ1v) is 8.04. The third kappa shape index (κ3) is 3.36. The Kier molecular flexibility index (Phi) is 4.26. The molecule has 0 amide bonds. The zero-order valence-corrected chi connectivity index (χ0v) is 14.0. The molecule has 2 aromatic carbocycles. The third-order valence-electron chi connectivity index (χ3n) is 3.72. The summed E-state index contributed by atoms with van der Waals surface area (Å²) < 4.78 is 5.18. The SMILES string of the molecule is COc1ccc(Nc2nc(Nc3ccccc3)c3nccnc3n2)cc1. The van der Waals surface area contributed by atoms with Gasteiger partial charge in [-0.25, -0.2) is 9.97 Å². The number of methoxy groups -OCH3 is 1. The van der Waals surface area contributed by atoms with E-state index in [4.69, 9.17) is 4.74 Å². The minimum atomic E-state index is 0.432. The molecule has 128 valence electrons. The fourth-order valence-corrected chi connectivity index (χ4v) is 2.47. The Morgan fingerprint density at radius 3 is 2.27 bits per heavy atom. The van der Waals surface area contributed by atoms with Crippen LogP contribution in [0.5, 0.6) is 5.75 Å². The monoisotopic (exact) mass is 344 g/mol. The predicted octanol–water partition coefficient (Wildman–Crippen LogP) is 3.92. The van der Waals surface area contributed by atoms with Crippen LogP contribution in [0.15, 0.2) is 67.0 Å². The molecule has 4 rings (SSSR count). The number of rotatable bonds is 5. The van der Waals surface area contributed by atoms with Crippen molar-refractivity contribution in [3.05, 3.63) is 67.0 Å². The van der Waals surface area contributed by atoms with Gasteiger partial charge in [-0.15, -0.1) is 0 Å². The van der Waals surface area contributed by atoms with E-state index in [1.807, 2.05) is 54.6 Å². The number of nitrogens with one attached hydrogen (secondary N) is 2. The summed E-state index contributed by atoms with van der Waals surface area (Å²) in [6.45, 7) is 0. The highest BCUT2D eigenvalue weighted by Crippen LogP contribution is 2.24. The molecule has 2 aromatic heterocycles. The molecular weight excluding hydrogens is 328 g/mol. The summed E-state index contributed by atoms with van der Waals surface area (Å²) in [5, 5.41) is 6.47. The van der Waals surface area contributed by atoms with Crippen LogP contribution in [-0.4, -0.2) is 27.0 Å². The molecule has 0 spiro atoms. The maximum absolute atomic E-state index is 5.18. The van der Waals surface area contributed by atoms with E-state index in [-0.39, 0.29) is 0 Å². The van der Waals surface area contributed by atoms with E-state index in [9.17, 15) is 0 Å². The lowest BCUT2D eigenvalue weighted by Crippen LogP contribution is -2.04. The summed E-state index contributed by atoms with van der Waals surface area (Å²) in [6, 6.07) is 17.3. The quantitative estimate of drug-likeness (QED) is 0.567. The van der Waals surface area contributed by atoms with E-state index >= 15 is 0 Å². The number of hydrogen-bond acceptors (Lipinski definition) is 7. The minimum absolute atomic E-state index is 0.432. The highest BCUT2D eigenvalue weighted by Gasteiger charge is 2.10. The molecule has 0 bridgehead atoms. The Bertz CT molecular complexity index is 1020. The molecule has 0 saturated heterocycles. The van der Waals surface area contributed by atoms with Crippen LogP contribution in [0, 0.1) is 0 Å². The zero-order valence-electron chi connectivity index (χ0n) is 14.0. The molecule has 0 atom stereocenters. The normalized spacial score (nSPS) is 10.5. The van der Waals surface area contributed by atoms with Gasteiger partial charge in [-0.3, -0.25) is 0 Å². The molecule has 4 aromatic rings. The Morgan fingerprint density at radius 1 is 0.769 bits per heavy atom. The second-order valence-corrected chi connectivity index (χ2v) is 5.47. The van der Waals surface area contributed by atoms with E-state index in [2.05, 4.69) is 30.6 Å². The van der Waals surface area contributed by atoms with Crippen molar-refractivity contribution in [1.82, 2.24) is 19.9 Å². The molecular formula is C19H16N6O. The minimum Gasteiger partial charge on any atom is -0.497 e. The number of ether oxygens (including phenoxy) is 1. The number of hydrogen-bond donors (Lipinski definition) is 2. The molecule has 0 saturated carbocycles. The fraction of sp³-hybridized carbons (Fsp3) is 0.0526. The van der Waals surface area contributed by atoms with Gasteiger partial charge in [0.1, 0.15) is 5.75 Å². The van der Waals surface area contributed by atoms with Gasteiger partial charge >= 0.3 is 0 Å². The van der Waals surface area contributed by atoms with Gasteiger partial charge in [0.05, 0.1) is 7.11 Å². The van der Waals surface area contributed by atoms with Crippen LogP contribution in [0.4, 0.5) is 23.1 Å². The number of aromatic nitrogens is 4. The fourth-order valence-electron chi connectivity index (χ4n) is 2.47. The lowest BCUT2D eigenvalue weighted by Gasteiger charge is -2.11. The molecule has 7 nitrogen and oxygen atoms in total. The van der Waals surface area contributed by atoms with Gasteiger partial charge in [0.25, 0.3) is 0 Å². The van der Waals surface area contributed by atoms with Gasteiger partial charge < -0.3 is 15.4 Å². The van der Waals surface area contributed by atoms with Gasteiger partial charge in [-0.1, -0.05) is 18.2 Å². The largest absolute Gasteiger partial charge is 0.497 e. The first kappa shape index (κ1) is 15.8. The maximum atomic E-state index is 5.18. The van der Waals surface area contributed by atoms with Crippen LogP contribution in [0.3, 0.4) is 0 Å². The highest BCUT2D eigenvalue weighted by molar-refractivity contribution is 5.85. The molecule has 2 N–H and O–H groups in total. The van der Waals surface area contributed by atoms with Crippen molar-refractivity contribution in [2.24, 2.45) is 0 Å². The average molecular weight is 344 g/mol. The van der Waals surface area contributed by atoms with Crippen LogP contribution >= 0.6 is 0 Å². The van der Waals surface area contributed by atoms with E-state index in [1.54, 1.807) is 19.5 Å². The van der Waals surface area contributed by atoms with Crippen molar-refractivity contribution in [1.29, 1.82) is 0 Å². The van der Waals surface area contributed by atoms with Crippen LogP contribution in [0.1, 0.15) is 0 Å². The average Bonchev–Trinajstić information content (AvgIpc) is 2.69. The Hall–Kier alpha value is -3.74. The van der Waals surface area contributed by atoms with Gasteiger partial charge in [0.2, 0.25) is 5.95 Å². The van der Waals surface area contributed by atoms with Gasteiger partial charge in [-0.2, -0.15) is 9.97 Å². The van der Waals surface area contributed by atoms with E-state index in [1.165, 1.54) is 0 Å². The molecule has 26 heavy (non-hydrogen) atoms. The van der Waals surface area contributed by atoms with Crippen LogP contribution in [0.25, 0.3) is 11.2 Å². The number of nitrogens with zero attached hydrogens (tertiary/aromatic N) is 4. The molecule has 0 aliphatic heterocycles.